The molecule has 2 rings (SSSR count). The van der Waals surface area contributed by atoms with Crippen LogP contribution in [0.4, 0.5) is 0 Å². The van der Waals surface area contributed by atoms with Crippen molar-refractivity contribution in [2.24, 2.45) is 0 Å². The quantitative estimate of drug-likeness (QED) is 0.711. The second-order valence-corrected chi connectivity index (χ2v) is 6.40. The first-order valence-electron chi connectivity index (χ1n) is 8.92. The summed E-state index contributed by atoms with van der Waals surface area (Å²) in [6.45, 7) is 0.775. The minimum atomic E-state index is -0.254. The fraction of sp³-hybridized carbons (Fsp3) is 0.333. The molecule has 2 amide bonds. The maximum atomic E-state index is 12.2. The van der Waals surface area contributed by atoms with Crippen LogP contribution < -0.4 is 15.4 Å². The van der Waals surface area contributed by atoms with E-state index < -0.39 is 0 Å². The number of carbonyl (C=O) groups excluding carboxylic acids is 2. The smallest absolute Gasteiger partial charge is 0.255 e. The Labute approximate surface area is 160 Å². The predicted molar refractivity (Wildman–Crippen MR) is 106 cm³/mol. The molecule has 0 saturated heterocycles. The Bertz CT molecular complexity index is 747. The number of para-hydroxylation sites is 1. The molecule has 2 aromatic rings. The van der Waals surface area contributed by atoms with Crippen molar-refractivity contribution in [1.82, 2.24) is 15.5 Å². The molecule has 0 aromatic heterocycles. The van der Waals surface area contributed by atoms with E-state index in [-0.39, 0.29) is 30.8 Å². The maximum absolute atomic E-state index is 12.2. The summed E-state index contributed by atoms with van der Waals surface area (Å²) in [5.41, 5.74) is 1.60. The van der Waals surface area contributed by atoms with Crippen molar-refractivity contribution in [2.75, 3.05) is 34.3 Å². The third-order valence-electron chi connectivity index (χ3n) is 4.29. The molecule has 0 saturated carbocycles. The molecule has 0 aliphatic carbocycles. The lowest BCUT2D eigenvalue weighted by atomic mass is 10.1. The van der Waals surface area contributed by atoms with Crippen LogP contribution in [0, 0.1) is 0 Å². The highest BCUT2D eigenvalue weighted by atomic mass is 16.5. The molecule has 0 aliphatic heterocycles. The average Bonchev–Trinajstić information content (AvgIpc) is 2.68. The highest BCUT2D eigenvalue weighted by Gasteiger charge is 2.15. The van der Waals surface area contributed by atoms with Crippen LogP contribution in [0.2, 0.25) is 0 Å². The van der Waals surface area contributed by atoms with E-state index in [4.69, 9.17) is 4.74 Å². The number of nitrogens with one attached hydrogen (secondary N) is 2. The van der Waals surface area contributed by atoms with Gasteiger partial charge in [0.1, 0.15) is 5.75 Å². The zero-order valence-corrected chi connectivity index (χ0v) is 16.1. The Morgan fingerprint density at radius 3 is 2.33 bits per heavy atom. The number of methoxy groups -OCH3 is 1. The van der Waals surface area contributed by atoms with Crippen LogP contribution in [0.1, 0.15) is 28.4 Å². The number of carbonyl (C=O) groups is 2. The van der Waals surface area contributed by atoms with E-state index in [1.807, 2.05) is 44.4 Å². The van der Waals surface area contributed by atoms with Gasteiger partial charge in [0.25, 0.3) is 5.91 Å². The van der Waals surface area contributed by atoms with Gasteiger partial charge < -0.3 is 20.3 Å². The summed E-state index contributed by atoms with van der Waals surface area (Å²) in [5, 5.41) is 5.70. The molecule has 6 nitrogen and oxygen atoms in total. The summed E-state index contributed by atoms with van der Waals surface area (Å²) >= 11 is 0. The number of likely N-dealkylation sites (N-methyl/N-ethyl adjacent to an activating group) is 1. The predicted octanol–water partition coefficient (Wildman–Crippen LogP) is 2.23. The largest absolute Gasteiger partial charge is 0.496 e. The first-order valence-corrected chi connectivity index (χ1v) is 8.92. The Kier molecular flexibility index (Phi) is 7.82. The van der Waals surface area contributed by atoms with Gasteiger partial charge in [-0.15, -0.1) is 0 Å². The van der Waals surface area contributed by atoms with Crippen LogP contribution in [-0.2, 0) is 4.79 Å². The Balaban J connectivity index is 1.79. The molecular weight excluding hydrogens is 342 g/mol. The van der Waals surface area contributed by atoms with Crippen LogP contribution in [0.5, 0.6) is 5.75 Å². The van der Waals surface area contributed by atoms with Gasteiger partial charge in [-0.2, -0.15) is 0 Å². The summed E-state index contributed by atoms with van der Waals surface area (Å²) in [4.78, 5) is 26.4. The summed E-state index contributed by atoms with van der Waals surface area (Å²) in [5.74, 6) is 0.157. The Morgan fingerprint density at radius 1 is 1.00 bits per heavy atom. The monoisotopic (exact) mass is 369 g/mol. The number of amides is 2. The molecule has 0 spiro atoms. The lowest BCUT2D eigenvalue weighted by molar-refractivity contribution is -0.121. The second kappa shape index (κ2) is 10.3. The van der Waals surface area contributed by atoms with Crippen LogP contribution in [0.3, 0.4) is 0 Å². The zero-order valence-electron chi connectivity index (χ0n) is 16.1. The van der Waals surface area contributed by atoms with E-state index >= 15 is 0 Å². The molecule has 144 valence electrons. The van der Waals surface area contributed by atoms with Crippen molar-refractivity contribution in [3.8, 4) is 5.75 Å². The molecule has 0 bridgehead atoms. The topological polar surface area (TPSA) is 70.7 Å². The minimum absolute atomic E-state index is 0.0957. The van der Waals surface area contributed by atoms with Crippen LogP contribution in [0.15, 0.2) is 54.6 Å². The first-order chi connectivity index (χ1) is 13.0. The number of rotatable bonds is 9. The standard InChI is InChI=1S/C21H27N3O3/c1-24(2)18(16-9-5-4-6-10-16)15-23-20(25)13-14-22-21(26)17-11-7-8-12-19(17)27-3/h4-12,18H,13-15H2,1-3H3,(H,22,26)(H,23,25)/t18-/m1/s1. The van der Waals surface area contributed by atoms with Crippen molar-refractivity contribution < 1.29 is 14.3 Å². The Morgan fingerprint density at radius 2 is 1.67 bits per heavy atom. The number of hydrogen-bond acceptors (Lipinski definition) is 4. The third-order valence-corrected chi connectivity index (χ3v) is 4.29. The molecule has 6 heteroatoms. The van der Waals surface area contributed by atoms with E-state index in [1.165, 1.54) is 7.11 Å². The van der Waals surface area contributed by atoms with E-state index in [0.29, 0.717) is 17.9 Å². The SMILES string of the molecule is COc1ccccc1C(=O)NCCC(=O)NC[C@H](c1ccccc1)N(C)C. The second-order valence-electron chi connectivity index (χ2n) is 6.40. The fourth-order valence-electron chi connectivity index (χ4n) is 2.79. The van der Waals surface area contributed by atoms with Crippen LogP contribution >= 0.6 is 0 Å². The molecule has 0 radical (unpaired) electrons. The van der Waals surface area contributed by atoms with Gasteiger partial charge in [-0.25, -0.2) is 0 Å². The van der Waals surface area contributed by atoms with Gasteiger partial charge >= 0.3 is 0 Å². The van der Waals surface area contributed by atoms with Gasteiger partial charge in [-0.1, -0.05) is 42.5 Å². The highest BCUT2D eigenvalue weighted by molar-refractivity contribution is 5.97. The third kappa shape index (κ3) is 6.11. The number of ether oxygens (including phenoxy) is 1. The molecule has 0 fully saturated rings. The molecule has 0 unspecified atom stereocenters. The molecule has 2 aromatic carbocycles. The van der Waals surface area contributed by atoms with E-state index in [1.54, 1.807) is 24.3 Å². The van der Waals surface area contributed by atoms with Gasteiger partial charge in [0.2, 0.25) is 5.91 Å². The fourth-order valence-corrected chi connectivity index (χ4v) is 2.79. The molecule has 1 atom stereocenters. The van der Waals surface area contributed by atoms with Gasteiger partial charge in [0.15, 0.2) is 0 Å². The van der Waals surface area contributed by atoms with Gasteiger partial charge in [-0.05, 0) is 31.8 Å². The maximum Gasteiger partial charge on any atom is 0.255 e. The molecule has 2 N–H and O–H groups in total. The molecular formula is C21H27N3O3. The molecule has 0 aliphatic rings. The van der Waals surface area contributed by atoms with E-state index in [0.717, 1.165) is 5.56 Å². The molecule has 27 heavy (non-hydrogen) atoms. The van der Waals surface area contributed by atoms with Crippen molar-refractivity contribution in [3.63, 3.8) is 0 Å². The summed E-state index contributed by atoms with van der Waals surface area (Å²) in [6, 6.07) is 17.1. The summed E-state index contributed by atoms with van der Waals surface area (Å²) in [6.07, 6.45) is 0.218. The molecule has 0 heterocycles. The lowest BCUT2D eigenvalue weighted by Gasteiger charge is -2.25. The highest BCUT2D eigenvalue weighted by Crippen LogP contribution is 2.17. The van der Waals surface area contributed by atoms with E-state index in [9.17, 15) is 9.59 Å². The number of hydrogen-bond donors (Lipinski definition) is 2. The number of nitrogens with zero attached hydrogens (tertiary/aromatic N) is 1. The van der Waals surface area contributed by atoms with Gasteiger partial charge in [0, 0.05) is 19.5 Å². The van der Waals surface area contributed by atoms with Crippen molar-refractivity contribution in [1.29, 1.82) is 0 Å². The number of benzene rings is 2. The van der Waals surface area contributed by atoms with Crippen molar-refractivity contribution in [2.45, 2.75) is 12.5 Å². The van der Waals surface area contributed by atoms with Crippen LogP contribution in [0.25, 0.3) is 0 Å². The van der Waals surface area contributed by atoms with Gasteiger partial charge in [-0.3, -0.25) is 9.59 Å². The Hall–Kier alpha value is -2.86. The van der Waals surface area contributed by atoms with Crippen molar-refractivity contribution in [3.05, 3.63) is 65.7 Å². The first kappa shape index (κ1) is 20.5. The average molecular weight is 369 g/mol. The van der Waals surface area contributed by atoms with Gasteiger partial charge in [0.05, 0.1) is 18.7 Å². The summed E-state index contributed by atoms with van der Waals surface area (Å²) < 4.78 is 5.18. The lowest BCUT2D eigenvalue weighted by Crippen LogP contribution is -2.36. The van der Waals surface area contributed by atoms with Crippen LogP contribution in [-0.4, -0.2) is 51.0 Å². The van der Waals surface area contributed by atoms with E-state index in [2.05, 4.69) is 15.5 Å². The normalized spacial score (nSPS) is 11.7. The minimum Gasteiger partial charge on any atom is -0.496 e. The summed E-state index contributed by atoms with van der Waals surface area (Å²) in [7, 11) is 5.49. The van der Waals surface area contributed by atoms with Crippen molar-refractivity contribution >= 4 is 11.8 Å². The zero-order chi connectivity index (χ0) is 19.6.